The van der Waals surface area contributed by atoms with Crippen molar-refractivity contribution in [1.82, 2.24) is 9.88 Å². The molecule has 1 aromatic heterocycles. The smallest absolute Gasteiger partial charge is 0.257 e. The second kappa shape index (κ2) is 5.17. The van der Waals surface area contributed by atoms with Crippen molar-refractivity contribution >= 4 is 5.91 Å². The maximum absolute atomic E-state index is 12.2. The molecule has 1 heterocycles. The van der Waals surface area contributed by atoms with Crippen LogP contribution in [0.4, 0.5) is 0 Å². The van der Waals surface area contributed by atoms with E-state index < -0.39 is 0 Å². The Balaban J connectivity index is 2.11. The lowest BCUT2D eigenvalue weighted by atomic mass is 9.94. The number of rotatable bonds is 2. The molecule has 4 nitrogen and oxygen atoms in total. The maximum atomic E-state index is 12.2. The zero-order valence-corrected chi connectivity index (χ0v) is 10.1. The summed E-state index contributed by atoms with van der Waals surface area (Å²) in [5.74, 6) is -0.156. The van der Waals surface area contributed by atoms with E-state index in [-0.39, 0.29) is 11.7 Å². The molecule has 0 atom stereocenters. The molecule has 2 rings (SSSR count). The number of carbonyl (C=O) groups is 1. The average Bonchev–Trinajstić information content (AvgIpc) is 2.39. The third kappa shape index (κ3) is 2.57. The summed E-state index contributed by atoms with van der Waals surface area (Å²) in [5, 5.41) is 9.62. The van der Waals surface area contributed by atoms with E-state index in [1.54, 1.807) is 11.0 Å². The molecule has 0 radical (unpaired) electrons. The number of carbonyl (C=O) groups excluding carboxylic acids is 1. The predicted molar refractivity (Wildman–Crippen MR) is 64.9 cm³/mol. The molecule has 1 saturated carbocycles. The number of aromatic hydroxyl groups is 1. The van der Waals surface area contributed by atoms with Gasteiger partial charge in [0, 0.05) is 19.3 Å². The second-order valence-corrected chi connectivity index (χ2v) is 4.60. The fourth-order valence-electron chi connectivity index (χ4n) is 2.39. The van der Waals surface area contributed by atoms with Crippen LogP contribution in [0, 0.1) is 0 Å². The second-order valence-electron chi connectivity index (χ2n) is 4.60. The van der Waals surface area contributed by atoms with Crippen LogP contribution in [0.1, 0.15) is 42.5 Å². The first-order chi connectivity index (χ1) is 8.20. The van der Waals surface area contributed by atoms with Gasteiger partial charge in [-0.15, -0.1) is 0 Å². The summed E-state index contributed by atoms with van der Waals surface area (Å²) < 4.78 is 0. The van der Waals surface area contributed by atoms with Crippen molar-refractivity contribution in [2.75, 3.05) is 7.05 Å². The molecule has 0 unspecified atom stereocenters. The topological polar surface area (TPSA) is 53.4 Å². The number of pyridine rings is 1. The van der Waals surface area contributed by atoms with Gasteiger partial charge in [0.1, 0.15) is 5.75 Å². The van der Waals surface area contributed by atoms with Gasteiger partial charge in [-0.25, -0.2) is 0 Å². The monoisotopic (exact) mass is 234 g/mol. The summed E-state index contributed by atoms with van der Waals surface area (Å²) in [6, 6.07) is 1.88. The van der Waals surface area contributed by atoms with Crippen LogP contribution < -0.4 is 0 Å². The Morgan fingerprint density at radius 3 is 2.76 bits per heavy atom. The molecule has 0 bridgehead atoms. The molecule has 0 spiro atoms. The molecule has 1 N–H and O–H groups in total. The van der Waals surface area contributed by atoms with Gasteiger partial charge in [0.25, 0.3) is 5.91 Å². The van der Waals surface area contributed by atoms with E-state index in [2.05, 4.69) is 4.98 Å². The fourth-order valence-corrected chi connectivity index (χ4v) is 2.39. The van der Waals surface area contributed by atoms with Crippen molar-refractivity contribution in [1.29, 1.82) is 0 Å². The van der Waals surface area contributed by atoms with Crippen LogP contribution in [0.2, 0.25) is 0 Å². The zero-order valence-electron chi connectivity index (χ0n) is 10.1. The largest absolute Gasteiger partial charge is 0.505 e. The molecule has 4 heteroatoms. The van der Waals surface area contributed by atoms with Crippen LogP contribution in [0.15, 0.2) is 18.5 Å². The Labute approximate surface area is 101 Å². The zero-order chi connectivity index (χ0) is 12.3. The van der Waals surface area contributed by atoms with Crippen molar-refractivity contribution in [3.05, 3.63) is 24.0 Å². The van der Waals surface area contributed by atoms with Gasteiger partial charge in [-0.2, -0.15) is 0 Å². The Bertz CT molecular complexity index is 400. The van der Waals surface area contributed by atoms with Gasteiger partial charge in [-0.05, 0) is 18.9 Å². The highest BCUT2D eigenvalue weighted by atomic mass is 16.3. The maximum Gasteiger partial charge on any atom is 0.257 e. The predicted octanol–water partition coefficient (Wildman–Crippen LogP) is 2.19. The minimum Gasteiger partial charge on any atom is -0.505 e. The van der Waals surface area contributed by atoms with Crippen LogP contribution >= 0.6 is 0 Å². The standard InChI is InChI=1S/C13H18N2O2/c1-15(10-5-3-2-4-6-10)13(17)11-7-8-14-9-12(11)16/h7-10,16H,2-6H2,1H3. The Morgan fingerprint density at radius 2 is 2.12 bits per heavy atom. The lowest BCUT2D eigenvalue weighted by molar-refractivity contribution is 0.0693. The van der Waals surface area contributed by atoms with E-state index in [0.717, 1.165) is 12.8 Å². The van der Waals surface area contributed by atoms with Gasteiger partial charge in [-0.3, -0.25) is 9.78 Å². The van der Waals surface area contributed by atoms with Crippen LogP contribution in [0.5, 0.6) is 5.75 Å². The van der Waals surface area contributed by atoms with Crippen LogP contribution in [0.3, 0.4) is 0 Å². The van der Waals surface area contributed by atoms with Gasteiger partial charge < -0.3 is 10.0 Å². The van der Waals surface area contributed by atoms with Crippen LogP contribution in [-0.2, 0) is 0 Å². The first kappa shape index (κ1) is 11.9. The summed E-state index contributed by atoms with van der Waals surface area (Å²) in [5.41, 5.74) is 0.341. The number of nitrogens with zero attached hydrogens (tertiary/aromatic N) is 2. The van der Waals surface area contributed by atoms with E-state index in [1.807, 2.05) is 7.05 Å². The highest BCUT2D eigenvalue weighted by molar-refractivity contribution is 5.96. The van der Waals surface area contributed by atoms with E-state index in [9.17, 15) is 9.90 Å². The van der Waals surface area contributed by atoms with Crippen molar-refractivity contribution in [3.63, 3.8) is 0 Å². The van der Waals surface area contributed by atoms with Crippen molar-refractivity contribution in [2.24, 2.45) is 0 Å². The lowest BCUT2D eigenvalue weighted by Crippen LogP contribution is -2.38. The molecular weight excluding hydrogens is 216 g/mol. The molecule has 1 amide bonds. The first-order valence-corrected chi connectivity index (χ1v) is 6.10. The highest BCUT2D eigenvalue weighted by Crippen LogP contribution is 2.24. The molecular formula is C13H18N2O2. The van der Waals surface area contributed by atoms with E-state index >= 15 is 0 Å². The summed E-state index contributed by atoms with van der Waals surface area (Å²) in [7, 11) is 1.82. The molecule has 1 aromatic rings. The number of hydrogen-bond acceptors (Lipinski definition) is 3. The van der Waals surface area contributed by atoms with Gasteiger partial charge in [-0.1, -0.05) is 19.3 Å². The summed E-state index contributed by atoms with van der Waals surface area (Å²) in [4.78, 5) is 17.7. The quantitative estimate of drug-likeness (QED) is 0.853. The normalized spacial score (nSPS) is 16.8. The SMILES string of the molecule is CN(C(=O)c1ccncc1O)C1CCCCC1. The number of hydrogen-bond donors (Lipinski definition) is 1. The van der Waals surface area contributed by atoms with E-state index in [0.29, 0.717) is 11.6 Å². The Hall–Kier alpha value is -1.58. The van der Waals surface area contributed by atoms with Gasteiger partial charge >= 0.3 is 0 Å². The number of amides is 1. The molecule has 92 valence electrons. The minimum absolute atomic E-state index is 0.0415. The van der Waals surface area contributed by atoms with Crippen molar-refractivity contribution < 1.29 is 9.90 Å². The fraction of sp³-hybridized carbons (Fsp3) is 0.538. The Morgan fingerprint density at radius 1 is 1.41 bits per heavy atom. The molecule has 1 aliphatic rings. The molecule has 1 fully saturated rings. The van der Waals surface area contributed by atoms with E-state index in [1.165, 1.54) is 31.7 Å². The minimum atomic E-state index is -0.114. The van der Waals surface area contributed by atoms with E-state index in [4.69, 9.17) is 0 Å². The van der Waals surface area contributed by atoms with Crippen molar-refractivity contribution in [3.8, 4) is 5.75 Å². The van der Waals surface area contributed by atoms with Crippen molar-refractivity contribution in [2.45, 2.75) is 38.1 Å². The average molecular weight is 234 g/mol. The lowest BCUT2D eigenvalue weighted by Gasteiger charge is -2.31. The van der Waals surface area contributed by atoms with Gasteiger partial charge in [0.2, 0.25) is 0 Å². The summed E-state index contributed by atoms with van der Waals surface area (Å²) in [6.45, 7) is 0. The third-order valence-corrected chi connectivity index (χ3v) is 3.47. The molecule has 0 aliphatic heterocycles. The first-order valence-electron chi connectivity index (χ1n) is 6.10. The summed E-state index contributed by atoms with van der Waals surface area (Å²) in [6.07, 6.45) is 8.60. The molecule has 0 saturated heterocycles. The number of aromatic nitrogens is 1. The van der Waals surface area contributed by atoms with Crippen LogP contribution in [-0.4, -0.2) is 34.0 Å². The molecule has 17 heavy (non-hydrogen) atoms. The molecule has 0 aromatic carbocycles. The van der Waals surface area contributed by atoms with Gasteiger partial charge in [0.15, 0.2) is 0 Å². The summed E-state index contributed by atoms with van der Waals surface area (Å²) >= 11 is 0. The van der Waals surface area contributed by atoms with Crippen LogP contribution in [0.25, 0.3) is 0 Å². The molecule has 1 aliphatic carbocycles. The highest BCUT2D eigenvalue weighted by Gasteiger charge is 2.24. The third-order valence-electron chi connectivity index (χ3n) is 3.47. The Kier molecular flexibility index (Phi) is 3.61. The van der Waals surface area contributed by atoms with Gasteiger partial charge in [0.05, 0.1) is 11.8 Å².